The van der Waals surface area contributed by atoms with Crippen molar-refractivity contribution < 1.29 is 4.39 Å². The second kappa shape index (κ2) is 2.13. The molecule has 0 amide bonds. The normalized spacial score (nSPS) is 10.8. The predicted octanol–water partition coefficient (Wildman–Crippen LogP) is -0.204. The van der Waals surface area contributed by atoms with Gasteiger partial charge in [0.2, 0.25) is 0 Å². The molecule has 6 heteroatoms. The van der Waals surface area contributed by atoms with Crippen LogP contribution < -0.4 is 5.56 Å². The Morgan fingerprint density at radius 3 is 3.17 bits per heavy atom. The van der Waals surface area contributed by atoms with E-state index >= 15 is 0 Å². The van der Waals surface area contributed by atoms with Crippen LogP contribution in [0.5, 0.6) is 0 Å². The van der Waals surface area contributed by atoms with Crippen molar-refractivity contribution in [2.75, 3.05) is 0 Å². The van der Waals surface area contributed by atoms with E-state index in [0.29, 0.717) is 5.52 Å². The molecule has 2 heterocycles. The highest BCUT2D eigenvalue weighted by molar-refractivity contribution is 5.71. The molecule has 0 spiro atoms. The lowest BCUT2D eigenvalue weighted by Crippen LogP contribution is -2.18. The maximum Gasteiger partial charge on any atom is 0.294 e. The third kappa shape index (κ3) is 0.810. The van der Waals surface area contributed by atoms with Gasteiger partial charge in [0.05, 0.1) is 11.7 Å². The molecule has 2 aromatic rings. The highest BCUT2D eigenvalue weighted by Gasteiger charge is 2.06. The zero-order valence-electron chi connectivity index (χ0n) is 6.21. The van der Waals surface area contributed by atoms with Crippen LogP contribution in [-0.2, 0) is 7.05 Å². The Labute approximate surface area is 65.9 Å². The number of nitrogens with zero attached hydrogens (tertiary/aromatic N) is 3. The summed E-state index contributed by atoms with van der Waals surface area (Å²) in [5, 5.41) is 3.69. The molecule has 0 saturated carbocycles. The quantitative estimate of drug-likeness (QED) is 0.592. The maximum atomic E-state index is 12.5. The minimum atomic E-state index is -0.768. The van der Waals surface area contributed by atoms with Crippen LogP contribution in [0.1, 0.15) is 0 Å². The average molecular weight is 168 g/mol. The summed E-state index contributed by atoms with van der Waals surface area (Å²) < 4.78 is 13.6. The molecule has 62 valence electrons. The zero-order chi connectivity index (χ0) is 8.72. The summed E-state index contributed by atoms with van der Waals surface area (Å²) in [6.07, 6.45) is 0.586. The minimum absolute atomic E-state index is 0.0741. The molecule has 2 aromatic heterocycles. The van der Waals surface area contributed by atoms with Gasteiger partial charge in [-0.15, -0.1) is 0 Å². The highest BCUT2D eigenvalue weighted by Crippen LogP contribution is 2.02. The molecule has 0 unspecified atom stereocenters. The molecule has 12 heavy (non-hydrogen) atoms. The number of hydrogen-bond acceptors (Lipinski definition) is 3. The molecule has 1 N–H and O–H groups in total. The summed E-state index contributed by atoms with van der Waals surface area (Å²) in [6, 6.07) is 0. The number of aromatic amines is 1. The first-order chi connectivity index (χ1) is 5.68. The molecule has 5 nitrogen and oxygen atoms in total. The van der Waals surface area contributed by atoms with Gasteiger partial charge in [0.15, 0.2) is 5.52 Å². The molecule has 0 fully saturated rings. The molecule has 0 saturated heterocycles. The second-order valence-electron chi connectivity index (χ2n) is 2.36. The number of nitrogens with one attached hydrogen (secondary N) is 1. The van der Waals surface area contributed by atoms with E-state index in [1.54, 1.807) is 0 Å². The van der Waals surface area contributed by atoms with E-state index in [2.05, 4.69) is 15.1 Å². The minimum Gasteiger partial charge on any atom is -0.312 e. The molecule has 0 atom stereocenters. The Hall–Kier alpha value is -1.72. The van der Waals surface area contributed by atoms with Gasteiger partial charge in [-0.2, -0.15) is 14.5 Å². The smallest absolute Gasteiger partial charge is 0.294 e. The molecule has 0 aliphatic carbocycles. The third-order valence-electron chi connectivity index (χ3n) is 1.56. The average Bonchev–Trinajstić information content (AvgIpc) is 2.39. The van der Waals surface area contributed by atoms with Gasteiger partial charge in [-0.3, -0.25) is 4.79 Å². The Bertz CT molecular complexity index is 486. The van der Waals surface area contributed by atoms with Crippen molar-refractivity contribution in [2.24, 2.45) is 7.05 Å². The van der Waals surface area contributed by atoms with Crippen LogP contribution in [0.3, 0.4) is 0 Å². The number of halogens is 1. The lowest BCUT2D eigenvalue weighted by molar-refractivity contribution is 0.556. The van der Waals surface area contributed by atoms with Gasteiger partial charge in [-0.1, -0.05) is 0 Å². The van der Waals surface area contributed by atoms with Crippen LogP contribution in [0.2, 0.25) is 0 Å². The Kier molecular flexibility index (Phi) is 1.24. The molecule has 0 radical (unpaired) electrons. The first kappa shape index (κ1) is 6.96. The van der Waals surface area contributed by atoms with E-state index < -0.39 is 11.6 Å². The largest absolute Gasteiger partial charge is 0.312 e. The van der Waals surface area contributed by atoms with Gasteiger partial charge in [0, 0.05) is 7.05 Å². The summed E-state index contributed by atoms with van der Waals surface area (Å²) in [5.74, 6) is 0. The number of aryl methyl sites for hydroxylation is 1. The standard InChI is InChI=1S/C6H5FN4O/c1-11-5(12)4-3(2-8-11)9-6(7)10-4/h2H,1H3,(H,9,10). The van der Waals surface area contributed by atoms with Crippen molar-refractivity contribution in [3.63, 3.8) is 0 Å². The lowest BCUT2D eigenvalue weighted by Gasteiger charge is -1.91. The van der Waals surface area contributed by atoms with Crippen LogP contribution >= 0.6 is 0 Å². The number of rotatable bonds is 0. The van der Waals surface area contributed by atoms with Gasteiger partial charge in [0.25, 0.3) is 11.6 Å². The van der Waals surface area contributed by atoms with Gasteiger partial charge < -0.3 is 4.98 Å². The monoisotopic (exact) mass is 168 g/mol. The fourth-order valence-electron chi connectivity index (χ4n) is 0.963. The van der Waals surface area contributed by atoms with Gasteiger partial charge in [0.1, 0.15) is 0 Å². The number of imidazole rings is 1. The molecule has 0 bridgehead atoms. The lowest BCUT2D eigenvalue weighted by atomic mass is 10.5. The molecule has 0 aromatic carbocycles. The van der Waals surface area contributed by atoms with Crippen LogP contribution in [-0.4, -0.2) is 19.7 Å². The number of fused-ring (bicyclic) bond motifs is 1. The van der Waals surface area contributed by atoms with Crippen molar-refractivity contribution in [3.8, 4) is 0 Å². The summed E-state index contributed by atoms with van der Waals surface area (Å²) in [7, 11) is 1.48. The van der Waals surface area contributed by atoms with E-state index in [1.165, 1.54) is 13.2 Å². The summed E-state index contributed by atoms with van der Waals surface area (Å²) in [6.45, 7) is 0. The zero-order valence-corrected chi connectivity index (χ0v) is 6.21. The van der Waals surface area contributed by atoms with Crippen LogP contribution in [0.15, 0.2) is 11.0 Å². The Morgan fingerprint density at radius 2 is 2.42 bits per heavy atom. The highest BCUT2D eigenvalue weighted by atomic mass is 19.1. The van der Waals surface area contributed by atoms with Crippen LogP contribution in [0, 0.1) is 6.08 Å². The van der Waals surface area contributed by atoms with E-state index in [9.17, 15) is 9.18 Å². The molecule has 0 aliphatic rings. The first-order valence-corrected chi connectivity index (χ1v) is 3.26. The number of H-pyrrole nitrogens is 1. The summed E-state index contributed by atoms with van der Waals surface area (Å²) in [4.78, 5) is 16.8. The maximum absolute atomic E-state index is 12.5. The van der Waals surface area contributed by atoms with Crippen LogP contribution in [0.4, 0.5) is 4.39 Å². The van der Waals surface area contributed by atoms with Crippen molar-refractivity contribution in [2.45, 2.75) is 0 Å². The molecular formula is C6H5FN4O. The third-order valence-corrected chi connectivity index (χ3v) is 1.56. The van der Waals surface area contributed by atoms with Crippen molar-refractivity contribution in [1.29, 1.82) is 0 Å². The second-order valence-corrected chi connectivity index (χ2v) is 2.36. The topological polar surface area (TPSA) is 63.6 Å². The van der Waals surface area contributed by atoms with Gasteiger partial charge in [-0.05, 0) is 0 Å². The van der Waals surface area contributed by atoms with Crippen molar-refractivity contribution >= 4 is 11.0 Å². The molecule has 2 rings (SSSR count). The van der Waals surface area contributed by atoms with E-state index in [0.717, 1.165) is 4.68 Å². The number of hydrogen-bond donors (Lipinski definition) is 1. The van der Waals surface area contributed by atoms with E-state index in [4.69, 9.17) is 0 Å². The number of aromatic nitrogens is 4. The Morgan fingerprint density at radius 1 is 1.67 bits per heavy atom. The first-order valence-electron chi connectivity index (χ1n) is 3.26. The fraction of sp³-hybridized carbons (Fsp3) is 0.167. The Balaban J connectivity index is 2.99. The molecular weight excluding hydrogens is 163 g/mol. The van der Waals surface area contributed by atoms with Gasteiger partial charge >= 0.3 is 0 Å². The van der Waals surface area contributed by atoms with Gasteiger partial charge in [-0.25, -0.2) is 4.68 Å². The fourth-order valence-corrected chi connectivity index (χ4v) is 0.963. The predicted molar refractivity (Wildman–Crippen MR) is 39.1 cm³/mol. The van der Waals surface area contributed by atoms with Crippen molar-refractivity contribution in [3.05, 3.63) is 22.6 Å². The molecule has 0 aliphatic heterocycles. The SMILES string of the molecule is Cn1ncc2[nH]c(F)nc2c1=O. The van der Waals surface area contributed by atoms with E-state index in [1.807, 2.05) is 0 Å². The van der Waals surface area contributed by atoms with E-state index in [-0.39, 0.29) is 5.52 Å². The summed E-state index contributed by atoms with van der Waals surface area (Å²) in [5.41, 5.74) is -0.0201. The van der Waals surface area contributed by atoms with Crippen molar-refractivity contribution in [1.82, 2.24) is 19.7 Å². The van der Waals surface area contributed by atoms with Crippen LogP contribution in [0.25, 0.3) is 11.0 Å². The summed E-state index contributed by atoms with van der Waals surface area (Å²) >= 11 is 0.